The zero-order chi connectivity index (χ0) is 39.3. The molecule has 0 saturated carbocycles. The molecule has 2 heteroatoms. The number of furan rings is 1. The van der Waals surface area contributed by atoms with Crippen LogP contribution in [0.25, 0.3) is 129 Å². The summed E-state index contributed by atoms with van der Waals surface area (Å²) in [5.74, 6) is 0. The molecule has 0 unspecified atom stereocenters. The van der Waals surface area contributed by atoms with Gasteiger partial charge in [-0.3, -0.25) is 0 Å². The Morgan fingerprint density at radius 3 is 1.32 bits per heavy atom. The molecule has 0 aliphatic heterocycles. The zero-order valence-electron chi connectivity index (χ0n) is 32.4. The molecule has 0 fully saturated rings. The molecular formula is C58H34OSe. The molecule has 0 aliphatic rings. The summed E-state index contributed by atoms with van der Waals surface area (Å²) in [6.07, 6.45) is 0. The molecule has 278 valence electrons. The van der Waals surface area contributed by atoms with Crippen LogP contribution in [0.2, 0.25) is 0 Å². The van der Waals surface area contributed by atoms with Crippen molar-refractivity contribution in [3.05, 3.63) is 206 Å². The van der Waals surface area contributed by atoms with Gasteiger partial charge in [-0.2, -0.15) is 0 Å². The van der Waals surface area contributed by atoms with Crippen molar-refractivity contribution in [1.29, 1.82) is 0 Å². The summed E-state index contributed by atoms with van der Waals surface area (Å²) < 4.78 is 9.16. The monoisotopic (exact) mass is 826 g/mol. The number of para-hydroxylation sites is 1. The normalized spacial score (nSPS) is 12.0. The van der Waals surface area contributed by atoms with Gasteiger partial charge in [-0.05, 0) is 0 Å². The van der Waals surface area contributed by atoms with E-state index in [0.717, 1.165) is 21.9 Å². The van der Waals surface area contributed by atoms with Gasteiger partial charge in [0.1, 0.15) is 0 Å². The predicted octanol–water partition coefficient (Wildman–Crippen LogP) is 16.2. The van der Waals surface area contributed by atoms with Gasteiger partial charge in [-0.1, -0.05) is 6.07 Å². The number of rotatable bonds is 4. The number of benzene rings is 11. The molecule has 13 rings (SSSR count). The van der Waals surface area contributed by atoms with Gasteiger partial charge in [0, 0.05) is 0 Å². The standard InChI is InChI=1S/C58H34OSe/c1-2-15-35(16-3-1)54-40-18-4-6-20-42(40)56(43-21-7-5-19-41(43)54)37-29-31-39-48-26-14-27-49(58(48)60-53(39)34-37)57-46-24-10-8-22-44(46)55(45-23-9-11-25-47(45)57)36-30-32-52-50(33-36)38-17-12-13-28-51(38)59-52/h1-34H. The molecular weight excluding hydrogens is 792 g/mol. The number of fused-ring (bicyclic) bond motifs is 10. The van der Waals surface area contributed by atoms with E-state index in [9.17, 15) is 0 Å². The third-order valence-corrected chi connectivity index (χ3v) is 15.2. The molecule has 0 saturated heterocycles. The Morgan fingerprint density at radius 1 is 0.267 bits per heavy atom. The molecule has 0 radical (unpaired) electrons. The molecule has 0 N–H and O–H groups in total. The van der Waals surface area contributed by atoms with Gasteiger partial charge in [0.25, 0.3) is 0 Å². The molecule has 60 heavy (non-hydrogen) atoms. The molecule has 1 nitrogen and oxygen atoms in total. The topological polar surface area (TPSA) is 13.1 Å². The van der Waals surface area contributed by atoms with Crippen molar-refractivity contribution in [1.82, 2.24) is 0 Å². The SMILES string of the molecule is c1ccc(-c2c3ccccc3c(-c3ccc4c(c3)[se]c3c(-c5c6ccccc6c(-c6ccc7oc8ccccc8c7c6)c6ccccc56)cccc34)c3ccccc23)cc1. The second-order valence-corrected chi connectivity index (χ2v) is 18.1. The Balaban J connectivity index is 1.04. The molecule has 2 aromatic heterocycles. The fourth-order valence-electron chi connectivity index (χ4n) is 10.1. The van der Waals surface area contributed by atoms with Crippen LogP contribution in [-0.2, 0) is 0 Å². The van der Waals surface area contributed by atoms with Crippen LogP contribution in [0.1, 0.15) is 0 Å². The molecule has 0 amide bonds. The Bertz CT molecular complexity index is 3770. The van der Waals surface area contributed by atoms with Crippen molar-refractivity contribution in [2.24, 2.45) is 0 Å². The van der Waals surface area contributed by atoms with Crippen LogP contribution in [0.5, 0.6) is 0 Å². The molecule has 0 aliphatic carbocycles. The number of hydrogen-bond acceptors (Lipinski definition) is 1. The van der Waals surface area contributed by atoms with E-state index in [1.54, 1.807) is 0 Å². The Morgan fingerprint density at radius 2 is 0.717 bits per heavy atom. The average molecular weight is 826 g/mol. The maximum atomic E-state index is 6.26. The zero-order valence-corrected chi connectivity index (χ0v) is 34.2. The summed E-state index contributed by atoms with van der Waals surface area (Å²) in [6.45, 7) is 0. The molecule has 11 aromatic carbocycles. The van der Waals surface area contributed by atoms with Crippen LogP contribution in [0, 0.1) is 0 Å². The van der Waals surface area contributed by atoms with Gasteiger partial charge in [-0.15, -0.1) is 0 Å². The molecule has 2 heterocycles. The first kappa shape index (κ1) is 33.7. The van der Waals surface area contributed by atoms with E-state index in [4.69, 9.17) is 4.42 Å². The van der Waals surface area contributed by atoms with E-state index in [0.29, 0.717) is 0 Å². The first-order valence-corrected chi connectivity index (χ1v) is 22.3. The summed E-state index contributed by atoms with van der Waals surface area (Å²) in [5, 5.41) is 15.2. The van der Waals surface area contributed by atoms with Crippen molar-refractivity contribution in [2.45, 2.75) is 0 Å². The van der Waals surface area contributed by atoms with Crippen LogP contribution < -0.4 is 0 Å². The van der Waals surface area contributed by atoms with E-state index < -0.39 is 0 Å². The maximum absolute atomic E-state index is 6.26. The van der Waals surface area contributed by atoms with Crippen LogP contribution in [0.4, 0.5) is 0 Å². The van der Waals surface area contributed by atoms with E-state index in [2.05, 4.69) is 200 Å². The fraction of sp³-hybridized carbons (Fsp3) is 0. The Hall–Kier alpha value is -7.22. The van der Waals surface area contributed by atoms with Crippen LogP contribution >= 0.6 is 0 Å². The number of hydrogen-bond donors (Lipinski definition) is 0. The van der Waals surface area contributed by atoms with Gasteiger partial charge in [-0.25, -0.2) is 0 Å². The summed E-state index contributed by atoms with van der Waals surface area (Å²) in [7, 11) is 0. The molecule has 0 atom stereocenters. The first-order chi connectivity index (χ1) is 29.8. The van der Waals surface area contributed by atoms with Crippen molar-refractivity contribution in [3.8, 4) is 44.5 Å². The fourth-order valence-corrected chi connectivity index (χ4v) is 12.8. The Labute approximate surface area is 352 Å². The molecule has 0 bridgehead atoms. The van der Waals surface area contributed by atoms with Gasteiger partial charge >= 0.3 is 348 Å². The summed E-state index contributed by atoms with van der Waals surface area (Å²) in [4.78, 5) is 0. The first-order valence-electron chi connectivity index (χ1n) is 20.6. The molecule has 0 spiro atoms. The minimum atomic E-state index is 0.0983. The summed E-state index contributed by atoms with van der Waals surface area (Å²) >= 11 is 0.0983. The van der Waals surface area contributed by atoms with Crippen molar-refractivity contribution >= 4 is 98.8 Å². The van der Waals surface area contributed by atoms with Crippen molar-refractivity contribution in [2.75, 3.05) is 0 Å². The summed E-state index contributed by atoms with van der Waals surface area (Å²) in [5.41, 5.74) is 12.1. The third kappa shape index (κ3) is 4.93. The second kappa shape index (κ2) is 13.1. The third-order valence-electron chi connectivity index (χ3n) is 12.6. The van der Waals surface area contributed by atoms with Gasteiger partial charge in [0.2, 0.25) is 0 Å². The minimum absolute atomic E-state index is 0.0983. The average Bonchev–Trinajstić information content (AvgIpc) is 3.88. The second-order valence-electron chi connectivity index (χ2n) is 15.9. The van der Waals surface area contributed by atoms with Gasteiger partial charge < -0.3 is 0 Å². The quantitative estimate of drug-likeness (QED) is 0.127. The van der Waals surface area contributed by atoms with Crippen molar-refractivity contribution < 1.29 is 4.42 Å². The molecule has 13 aromatic rings. The Kier molecular flexibility index (Phi) is 7.39. The van der Waals surface area contributed by atoms with E-state index in [1.807, 2.05) is 6.07 Å². The van der Waals surface area contributed by atoms with Crippen LogP contribution in [-0.4, -0.2) is 14.5 Å². The van der Waals surface area contributed by atoms with E-state index in [1.165, 1.54) is 107 Å². The van der Waals surface area contributed by atoms with E-state index in [-0.39, 0.29) is 14.5 Å². The van der Waals surface area contributed by atoms with Crippen LogP contribution in [0.3, 0.4) is 0 Å². The van der Waals surface area contributed by atoms with E-state index >= 15 is 0 Å². The van der Waals surface area contributed by atoms with Crippen LogP contribution in [0.15, 0.2) is 211 Å². The van der Waals surface area contributed by atoms with Gasteiger partial charge in [0.05, 0.1) is 0 Å². The van der Waals surface area contributed by atoms with Crippen molar-refractivity contribution in [3.63, 3.8) is 0 Å². The summed E-state index contributed by atoms with van der Waals surface area (Å²) in [6, 6.07) is 76.2. The predicted molar refractivity (Wildman–Crippen MR) is 257 cm³/mol. The van der Waals surface area contributed by atoms with Gasteiger partial charge in [0.15, 0.2) is 0 Å².